The Balaban J connectivity index is 1.54. The fraction of sp³-hybridized carbons (Fsp3) is 0.333. The zero-order chi connectivity index (χ0) is 26.7. The maximum absolute atomic E-state index is 15.0. The van der Waals surface area contributed by atoms with Crippen molar-refractivity contribution >= 4 is 0 Å². The van der Waals surface area contributed by atoms with Crippen LogP contribution >= 0.6 is 0 Å². The molecule has 3 aromatic carbocycles. The fourth-order valence-electron chi connectivity index (χ4n) is 4.84. The van der Waals surface area contributed by atoms with Crippen molar-refractivity contribution < 1.29 is 31.1 Å². The van der Waals surface area contributed by atoms with Gasteiger partial charge >= 0.3 is 0 Å². The molecule has 1 aliphatic heterocycles. The predicted octanol–water partition coefficient (Wildman–Crippen LogP) is 8.37. The SMILES string of the molecule is C=CC1CCC(c2ccc(-c3ccc(CCc4ccc(CCC)c(F)c4F)c(F)c3F)c(F)c2F)CO1. The van der Waals surface area contributed by atoms with Crippen LogP contribution in [0.1, 0.15) is 54.4 Å². The molecule has 7 heteroatoms. The molecule has 0 aliphatic carbocycles. The number of ether oxygens (including phenoxy) is 1. The van der Waals surface area contributed by atoms with Crippen LogP contribution in [0.5, 0.6) is 0 Å². The van der Waals surface area contributed by atoms with Crippen LogP contribution in [0.3, 0.4) is 0 Å². The van der Waals surface area contributed by atoms with Gasteiger partial charge in [0.2, 0.25) is 0 Å². The first-order valence-corrected chi connectivity index (χ1v) is 12.4. The monoisotopic (exact) mass is 518 g/mol. The van der Waals surface area contributed by atoms with Crippen molar-refractivity contribution in [3.8, 4) is 11.1 Å². The van der Waals surface area contributed by atoms with Crippen molar-refractivity contribution in [2.45, 2.75) is 57.5 Å². The van der Waals surface area contributed by atoms with Gasteiger partial charge in [0.25, 0.3) is 0 Å². The van der Waals surface area contributed by atoms with Gasteiger partial charge in [-0.25, -0.2) is 26.3 Å². The molecule has 0 radical (unpaired) electrons. The molecule has 0 amide bonds. The van der Waals surface area contributed by atoms with E-state index in [0.717, 1.165) is 0 Å². The topological polar surface area (TPSA) is 9.23 Å². The molecule has 1 saturated heterocycles. The quantitative estimate of drug-likeness (QED) is 0.215. The molecule has 1 aliphatic rings. The largest absolute Gasteiger partial charge is 0.374 e. The van der Waals surface area contributed by atoms with Crippen molar-refractivity contribution in [2.24, 2.45) is 0 Å². The summed E-state index contributed by atoms with van der Waals surface area (Å²) in [5, 5.41) is 0. The van der Waals surface area contributed by atoms with Gasteiger partial charge in [-0.15, -0.1) is 6.58 Å². The van der Waals surface area contributed by atoms with Crippen LogP contribution in [0, 0.1) is 34.9 Å². The van der Waals surface area contributed by atoms with Crippen LogP contribution in [-0.4, -0.2) is 12.7 Å². The van der Waals surface area contributed by atoms with Crippen molar-refractivity contribution in [3.63, 3.8) is 0 Å². The number of benzene rings is 3. The van der Waals surface area contributed by atoms with Gasteiger partial charge in [-0.3, -0.25) is 0 Å². The van der Waals surface area contributed by atoms with E-state index in [1.165, 1.54) is 36.4 Å². The summed E-state index contributed by atoms with van der Waals surface area (Å²) in [6.07, 6.45) is 3.63. The lowest BCUT2D eigenvalue weighted by atomic mass is 9.89. The summed E-state index contributed by atoms with van der Waals surface area (Å²) in [4.78, 5) is 0. The Bertz CT molecular complexity index is 1290. The summed E-state index contributed by atoms with van der Waals surface area (Å²) in [5.74, 6) is -7.23. The Kier molecular flexibility index (Phi) is 8.42. The molecule has 1 nitrogen and oxygen atoms in total. The molecule has 0 aromatic heterocycles. The van der Waals surface area contributed by atoms with E-state index in [-0.39, 0.29) is 53.7 Å². The first-order chi connectivity index (χ1) is 17.8. The van der Waals surface area contributed by atoms with Crippen LogP contribution in [0.2, 0.25) is 0 Å². The maximum Gasteiger partial charge on any atom is 0.167 e. The van der Waals surface area contributed by atoms with Crippen LogP contribution < -0.4 is 0 Å². The molecular formula is C30H28F6O. The fourth-order valence-corrected chi connectivity index (χ4v) is 4.84. The second-order valence-corrected chi connectivity index (χ2v) is 9.37. The van der Waals surface area contributed by atoms with Gasteiger partial charge < -0.3 is 4.74 Å². The molecular weight excluding hydrogens is 490 g/mol. The van der Waals surface area contributed by atoms with Gasteiger partial charge in [-0.2, -0.15) is 0 Å². The Labute approximate surface area is 212 Å². The zero-order valence-electron chi connectivity index (χ0n) is 20.5. The summed E-state index contributed by atoms with van der Waals surface area (Å²) in [7, 11) is 0. The molecule has 0 spiro atoms. The summed E-state index contributed by atoms with van der Waals surface area (Å²) in [5.41, 5.74) is -0.451. The molecule has 2 atom stereocenters. The van der Waals surface area contributed by atoms with E-state index in [0.29, 0.717) is 25.7 Å². The standard InChI is InChI=1S/C30H28F6O/c1-3-5-17-6-7-18(26(32)25(17)31)8-9-19-11-13-23(29(35)27(19)33)24-15-14-22(28(34)30(24)36)20-10-12-21(4-2)37-16-20/h4,6-7,11,13-15,20-21H,2-3,5,8-10,12,16H2,1H3. The highest BCUT2D eigenvalue weighted by Crippen LogP contribution is 2.36. The number of halogens is 6. The second-order valence-electron chi connectivity index (χ2n) is 9.37. The lowest BCUT2D eigenvalue weighted by Gasteiger charge is -2.28. The molecule has 4 rings (SSSR count). The third-order valence-corrected chi connectivity index (χ3v) is 7.00. The van der Waals surface area contributed by atoms with E-state index in [9.17, 15) is 26.3 Å². The first kappa shape index (κ1) is 27.0. The Morgan fingerprint density at radius 3 is 1.76 bits per heavy atom. The minimum Gasteiger partial charge on any atom is -0.374 e. The Morgan fingerprint density at radius 1 is 0.703 bits per heavy atom. The second kappa shape index (κ2) is 11.5. The Hall–Kier alpha value is -3.06. The molecule has 1 heterocycles. The van der Waals surface area contributed by atoms with Crippen molar-refractivity contribution in [2.75, 3.05) is 6.61 Å². The van der Waals surface area contributed by atoms with E-state index < -0.39 is 46.0 Å². The normalized spacial score (nSPS) is 17.7. The maximum atomic E-state index is 15.0. The molecule has 0 bridgehead atoms. The van der Waals surface area contributed by atoms with Gasteiger partial charge in [0, 0.05) is 17.0 Å². The third-order valence-electron chi connectivity index (χ3n) is 7.00. The number of hydrogen-bond acceptors (Lipinski definition) is 1. The molecule has 0 N–H and O–H groups in total. The van der Waals surface area contributed by atoms with Crippen LogP contribution in [0.25, 0.3) is 11.1 Å². The lowest BCUT2D eigenvalue weighted by molar-refractivity contribution is 0.0320. The summed E-state index contributed by atoms with van der Waals surface area (Å²) < 4.78 is 94.0. The minimum atomic E-state index is -1.33. The highest BCUT2D eigenvalue weighted by molar-refractivity contribution is 5.66. The van der Waals surface area contributed by atoms with Crippen LogP contribution in [-0.2, 0) is 24.0 Å². The number of hydrogen-bond donors (Lipinski definition) is 0. The zero-order valence-corrected chi connectivity index (χ0v) is 20.5. The van der Waals surface area contributed by atoms with E-state index in [1.54, 1.807) is 6.08 Å². The first-order valence-electron chi connectivity index (χ1n) is 12.4. The Morgan fingerprint density at radius 2 is 1.22 bits per heavy atom. The lowest BCUT2D eigenvalue weighted by Crippen LogP contribution is -2.23. The minimum absolute atomic E-state index is 0.0519. The van der Waals surface area contributed by atoms with E-state index in [2.05, 4.69) is 6.58 Å². The van der Waals surface area contributed by atoms with Gasteiger partial charge in [0.05, 0.1) is 12.7 Å². The predicted molar refractivity (Wildman–Crippen MR) is 131 cm³/mol. The van der Waals surface area contributed by atoms with Gasteiger partial charge in [-0.05, 0) is 54.4 Å². The summed E-state index contributed by atoms with van der Waals surface area (Å²) >= 11 is 0. The van der Waals surface area contributed by atoms with E-state index >= 15 is 0 Å². The molecule has 2 unspecified atom stereocenters. The summed E-state index contributed by atoms with van der Waals surface area (Å²) in [6, 6.07) is 7.98. The number of aryl methyl sites for hydroxylation is 3. The van der Waals surface area contributed by atoms with Gasteiger partial charge in [-0.1, -0.05) is 55.8 Å². The van der Waals surface area contributed by atoms with Gasteiger partial charge in [0.1, 0.15) is 0 Å². The number of rotatable bonds is 8. The van der Waals surface area contributed by atoms with Gasteiger partial charge in [0.15, 0.2) is 34.9 Å². The van der Waals surface area contributed by atoms with Crippen LogP contribution in [0.4, 0.5) is 26.3 Å². The van der Waals surface area contributed by atoms with Crippen molar-refractivity contribution in [1.29, 1.82) is 0 Å². The smallest absolute Gasteiger partial charge is 0.167 e. The molecule has 1 fully saturated rings. The van der Waals surface area contributed by atoms with Crippen LogP contribution in [0.15, 0.2) is 49.1 Å². The van der Waals surface area contributed by atoms with E-state index in [4.69, 9.17) is 4.74 Å². The molecule has 0 saturated carbocycles. The molecule has 196 valence electrons. The molecule has 3 aromatic rings. The van der Waals surface area contributed by atoms with Crippen molar-refractivity contribution in [3.05, 3.63) is 106 Å². The van der Waals surface area contributed by atoms with E-state index in [1.807, 2.05) is 6.92 Å². The summed E-state index contributed by atoms with van der Waals surface area (Å²) in [6.45, 7) is 5.72. The van der Waals surface area contributed by atoms with Crippen molar-refractivity contribution in [1.82, 2.24) is 0 Å². The third kappa shape index (κ3) is 5.47. The highest BCUT2D eigenvalue weighted by Gasteiger charge is 2.27. The molecule has 37 heavy (non-hydrogen) atoms. The highest BCUT2D eigenvalue weighted by atomic mass is 19.2. The average Bonchev–Trinajstić information content (AvgIpc) is 2.91. The average molecular weight is 519 g/mol.